The van der Waals surface area contributed by atoms with Crippen LogP contribution in [-0.2, 0) is 0 Å². The van der Waals surface area contributed by atoms with Gasteiger partial charge >= 0.3 is 0 Å². The Bertz CT molecular complexity index is 204. The third-order valence-corrected chi connectivity index (χ3v) is 6.15. The molecule has 0 aromatic heterocycles. The van der Waals surface area contributed by atoms with Crippen molar-refractivity contribution >= 4 is 0 Å². The van der Waals surface area contributed by atoms with Crippen molar-refractivity contribution in [3.05, 3.63) is 0 Å². The molecule has 0 amide bonds. The minimum absolute atomic E-state index is 1.12. The van der Waals surface area contributed by atoms with Crippen LogP contribution in [0.3, 0.4) is 0 Å². The fourth-order valence-corrected chi connectivity index (χ4v) is 4.96. The molecule has 0 heteroatoms. The van der Waals surface area contributed by atoms with Crippen LogP contribution in [0, 0.1) is 17.8 Å². The number of unbranched alkanes of at least 4 members (excludes halogenated alkanes) is 6. The number of rotatable bonds is 10. The fraction of sp³-hybridized carbons (Fsp3) is 1.00. The van der Waals surface area contributed by atoms with Crippen molar-refractivity contribution in [2.24, 2.45) is 17.8 Å². The van der Waals surface area contributed by atoms with E-state index in [9.17, 15) is 0 Å². The van der Waals surface area contributed by atoms with Crippen LogP contribution in [0.5, 0.6) is 0 Å². The maximum atomic E-state index is 2.31. The molecule has 0 heterocycles. The summed E-state index contributed by atoms with van der Waals surface area (Å²) in [6.07, 6.45) is 24.3. The van der Waals surface area contributed by atoms with Gasteiger partial charge < -0.3 is 0 Å². The van der Waals surface area contributed by atoms with Gasteiger partial charge in [0.1, 0.15) is 0 Å². The number of hydrogen-bond acceptors (Lipinski definition) is 0. The predicted molar refractivity (Wildman–Crippen MR) is 90.0 cm³/mol. The highest BCUT2D eigenvalue weighted by Crippen LogP contribution is 2.43. The van der Waals surface area contributed by atoms with E-state index in [1.165, 1.54) is 70.6 Å². The Morgan fingerprint density at radius 1 is 0.650 bits per heavy atom. The first kappa shape index (κ1) is 16.4. The summed E-state index contributed by atoms with van der Waals surface area (Å²) in [5.74, 6) is 3.37. The molecule has 0 bridgehead atoms. The maximum absolute atomic E-state index is 2.31. The third kappa shape index (κ3) is 5.41. The SMILES string of the molecule is CCCCCCCCCC(C1CCCC1)C1CCCC1. The van der Waals surface area contributed by atoms with Crippen LogP contribution in [0.1, 0.15) is 110 Å². The first-order chi connectivity index (χ1) is 9.92. The molecule has 0 nitrogen and oxygen atoms in total. The Morgan fingerprint density at radius 2 is 1.10 bits per heavy atom. The molecule has 0 radical (unpaired) electrons. The standard InChI is InChI=1S/C20H38/c1-2-3-4-5-6-7-8-17-20(18-13-9-10-14-18)19-15-11-12-16-19/h18-20H,2-17H2,1H3. The zero-order valence-electron chi connectivity index (χ0n) is 14.0. The lowest BCUT2D eigenvalue weighted by molar-refractivity contribution is 0.210. The monoisotopic (exact) mass is 278 g/mol. The summed E-state index contributed by atoms with van der Waals surface area (Å²) in [5, 5.41) is 0. The lowest BCUT2D eigenvalue weighted by atomic mass is 9.76. The van der Waals surface area contributed by atoms with Crippen LogP contribution in [0.2, 0.25) is 0 Å². The van der Waals surface area contributed by atoms with Gasteiger partial charge in [0.05, 0.1) is 0 Å². The van der Waals surface area contributed by atoms with Gasteiger partial charge in [0.2, 0.25) is 0 Å². The van der Waals surface area contributed by atoms with Gasteiger partial charge in [-0.2, -0.15) is 0 Å². The summed E-state index contributed by atoms with van der Waals surface area (Å²) >= 11 is 0. The zero-order valence-corrected chi connectivity index (χ0v) is 14.0. The van der Waals surface area contributed by atoms with Crippen LogP contribution in [-0.4, -0.2) is 0 Å². The van der Waals surface area contributed by atoms with Gasteiger partial charge in [0.15, 0.2) is 0 Å². The highest BCUT2D eigenvalue weighted by atomic mass is 14.4. The summed E-state index contributed by atoms with van der Waals surface area (Å²) in [6, 6.07) is 0. The van der Waals surface area contributed by atoms with Crippen molar-refractivity contribution in [3.8, 4) is 0 Å². The maximum Gasteiger partial charge on any atom is -0.0357 e. The average Bonchev–Trinajstić information content (AvgIpc) is 3.14. The Morgan fingerprint density at radius 3 is 1.60 bits per heavy atom. The van der Waals surface area contributed by atoms with Gasteiger partial charge in [-0.25, -0.2) is 0 Å². The highest BCUT2D eigenvalue weighted by Gasteiger charge is 2.32. The van der Waals surface area contributed by atoms with Crippen LogP contribution < -0.4 is 0 Å². The molecule has 2 saturated carbocycles. The molecule has 0 saturated heterocycles. The van der Waals surface area contributed by atoms with E-state index in [1.54, 1.807) is 32.1 Å². The fourth-order valence-electron chi connectivity index (χ4n) is 4.96. The summed E-state index contributed by atoms with van der Waals surface area (Å²) in [7, 11) is 0. The molecule has 2 aliphatic rings. The molecule has 2 rings (SSSR count). The van der Waals surface area contributed by atoms with E-state index >= 15 is 0 Å². The minimum atomic E-state index is 1.12. The van der Waals surface area contributed by atoms with Gasteiger partial charge in [-0.15, -0.1) is 0 Å². The van der Waals surface area contributed by atoms with E-state index in [2.05, 4.69) is 6.92 Å². The van der Waals surface area contributed by atoms with Crippen LogP contribution in [0.15, 0.2) is 0 Å². The van der Waals surface area contributed by atoms with Crippen molar-refractivity contribution in [2.75, 3.05) is 0 Å². The lowest BCUT2D eigenvalue weighted by Crippen LogP contribution is -2.20. The summed E-state index contributed by atoms with van der Waals surface area (Å²) in [6.45, 7) is 2.31. The second-order valence-corrected chi connectivity index (χ2v) is 7.66. The first-order valence-electron chi connectivity index (χ1n) is 9.92. The molecule has 0 aromatic rings. The predicted octanol–water partition coefficient (Wildman–Crippen LogP) is 7.12. The van der Waals surface area contributed by atoms with E-state index in [0.717, 1.165) is 17.8 Å². The topological polar surface area (TPSA) is 0 Å². The smallest absolute Gasteiger partial charge is 0.0357 e. The molecule has 118 valence electrons. The largest absolute Gasteiger partial charge is 0.0654 e. The van der Waals surface area contributed by atoms with Crippen molar-refractivity contribution in [2.45, 2.75) is 110 Å². The molecule has 2 fully saturated rings. The van der Waals surface area contributed by atoms with Crippen LogP contribution >= 0.6 is 0 Å². The molecule has 0 unspecified atom stereocenters. The van der Waals surface area contributed by atoms with Crippen molar-refractivity contribution in [1.82, 2.24) is 0 Å². The summed E-state index contributed by atoms with van der Waals surface area (Å²) in [5.41, 5.74) is 0. The Labute approximate surface area is 128 Å². The molecule has 0 aromatic carbocycles. The molecular weight excluding hydrogens is 240 g/mol. The van der Waals surface area contributed by atoms with Gasteiger partial charge in [-0.1, -0.05) is 103 Å². The molecule has 0 atom stereocenters. The first-order valence-corrected chi connectivity index (χ1v) is 9.92. The highest BCUT2D eigenvalue weighted by molar-refractivity contribution is 4.83. The third-order valence-electron chi connectivity index (χ3n) is 6.15. The van der Waals surface area contributed by atoms with Crippen LogP contribution in [0.25, 0.3) is 0 Å². The Hall–Kier alpha value is 0. The van der Waals surface area contributed by atoms with Crippen molar-refractivity contribution in [3.63, 3.8) is 0 Å². The Kier molecular flexibility index (Phi) is 8.06. The Balaban J connectivity index is 1.62. The molecule has 20 heavy (non-hydrogen) atoms. The second kappa shape index (κ2) is 9.85. The van der Waals surface area contributed by atoms with Gasteiger partial charge in [0, 0.05) is 0 Å². The average molecular weight is 279 g/mol. The zero-order chi connectivity index (χ0) is 14.0. The second-order valence-electron chi connectivity index (χ2n) is 7.66. The van der Waals surface area contributed by atoms with E-state index in [-0.39, 0.29) is 0 Å². The summed E-state index contributed by atoms with van der Waals surface area (Å²) in [4.78, 5) is 0. The van der Waals surface area contributed by atoms with Gasteiger partial charge in [-0.05, 0) is 24.2 Å². The normalized spacial score (nSPS) is 21.3. The molecule has 0 spiro atoms. The van der Waals surface area contributed by atoms with Gasteiger partial charge in [0.25, 0.3) is 0 Å². The van der Waals surface area contributed by atoms with Crippen LogP contribution in [0.4, 0.5) is 0 Å². The quantitative estimate of drug-likeness (QED) is 0.373. The van der Waals surface area contributed by atoms with E-state index in [1.807, 2.05) is 0 Å². The summed E-state index contributed by atoms with van der Waals surface area (Å²) < 4.78 is 0. The molecule has 0 N–H and O–H groups in total. The molecule has 2 aliphatic carbocycles. The van der Waals surface area contributed by atoms with E-state index in [0.29, 0.717) is 0 Å². The van der Waals surface area contributed by atoms with Gasteiger partial charge in [-0.3, -0.25) is 0 Å². The lowest BCUT2D eigenvalue weighted by Gasteiger charge is -2.29. The minimum Gasteiger partial charge on any atom is -0.0654 e. The van der Waals surface area contributed by atoms with E-state index in [4.69, 9.17) is 0 Å². The van der Waals surface area contributed by atoms with Crippen molar-refractivity contribution in [1.29, 1.82) is 0 Å². The van der Waals surface area contributed by atoms with E-state index < -0.39 is 0 Å². The molecular formula is C20H38. The number of hydrogen-bond donors (Lipinski definition) is 0. The molecule has 0 aliphatic heterocycles. The van der Waals surface area contributed by atoms with Crippen molar-refractivity contribution < 1.29 is 0 Å².